The van der Waals surface area contributed by atoms with E-state index in [2.05, 4.69) is 11.0 Å². The van der Waals surface area contributed by atoms with Crippen molar-refractivity contribution in [1.29, 1.82) is 5.26 Å². The van der Waals surface area contributed by atoms with Crippen LogP contribution in [0.4, 0.5) is 11.4 Å². The third-order valence-electron chi connectivity index (χ3n) is 2.09. The third-order valence-corrected chi connectivity index (χ3v) is 2.09. The molecule has 0 radical (unpaired) electrons. The molecule has 0 unspecified atom stereocenters. The third kappa shape index (κ3) is 2.98. The summed E-state index contributed by atoms with van der Waals surface area (Å²) < 4.78 is 0. The van der Waals surface area contributed by atoms with Gasteiger partial charge in [0.05, 0.1) is 6.07 Å². The Balaban J connectivity index is 2.52. The van der Waals surface area contributed by atoms with Crippen LogP contribution in [0, 0.1) is 11.3 Å². The van der Waals surface area contributed by atoms with E-state index < -0.39 is 0 Å². The molecule has 0 saturated carbocycles. The second-order valence-corrected chi connectivity index (χ2v) is 3.28. The predicted molar refractivity (Wildman–Crippen MR) is 59.0 cm³/mol. The van der Waals surface area contributed by atoms with E-state index in [1.165, 1.54) is 0 Å². The molecule has 0 aromatic heterocycles. The number of nitrogen functional groups attached to an aromatic ring is 1. The Hall–Kier alpha value is -1.69. The second-order valence-electron chi connectivity index (χ2n) is 3.28. The monoisotopic (exact) mass is 189 g/mol. The zero-order valence-electron chi connectivity index (χ0n) is 8.40. The van der Waals surface area contributed by atoms with Gasteiger partial charge in [-0.25, -0.2) is 0 Å². The van der Waals surface area contributed by atoms with Gasteiger partial charge < -0.3 is 10.6 Å². The van der Waals surface area contributed by atoms with Crippen molar-refractivity contribution >= 4 is 11.4 Å². The molecule has 0 spiro atoms. The minimum Gasteiger partial charge on any atom is -0.399 e. The topological polar surface area (TPSA) is 53.0 Å². The average Bonchev–Trinajstić information content (AvgIpc) is 2.18. The molecule has 3 nitrogen and oxygen atoms in total. The average molecular weight is 189 g/mol. The second kappa shape index (κ2) is 5.13. The van der Waals surface area contributed by atoms with Crippen LogP contribution < -0.4 is 10.6 Å². The molecule has 0 fully saturated rings. The van der Waals surface area contributed by atoms with Gasteiger partial charge in [0.25, 0.3) is 0 Å². The number of nitriles is 1. The van der Waals surface area contributed by atoms with Gasteiger partial charge in [0, 0.05) is 31.4 Å². The Kier molecular flexibility index (Phi) is 3.81. The molecule has 0 aliphatic carbocycles. The van der Waals surface area contributed by atoms with E-state index in [1.807, 2.05) is 31.3 Å². The number of anilines is 2. The lowest BCUT2D eigenvalue weighted by Crippen LogP contribution is -2.18. The fraction of sp³-hybridized carbons (Fsp3) is 0.364. The summed E-state index contributed by atoms with van der Waals surface area (Å²) in [5.74, 6) is 0. The predicted octanol–water partition coefficient (Wildman–Crippen LogP) is 2.01. The van der Waals surface area contributed by atoms with Crippen molar-refractivity contribution in [2.24, 2.45) is 0 Å². The SMILES string of the molecule is CN(CCCC#N)c1cccc(N)c1. The van der Waals surface area contributed by atoms with Crippen LogP contribution in [0.3, 0.4) is 0 Å². The van der Waals surface area contributed by atoms with Gasteiger partial charge in [0.2, 0.25) is 0 Å². The smallest absolute Gasteiger partial charge is 0.0622 e. The molecule has 0 heterocycles. The number of nitrogens with two attached hydrogens (primary N) is 1. The Morgan fingerprint density at radius 3 is 2.93 bits per heavy atom. The number of rotatable bonds is 4. The zero-order chi connectivity index (χ0) is 10.4. The van der Waals surface area contributed by atoms with E-state index in [1.54, 1.807) is 0 Å². The molecular weight excluding hydrogens is 174 g/mol. The van der Waals surface area contributed by atoms with E-state index in [0.29, 0.717) is 6.42 Å². The Bertz CT molecular complexity index is 328. The van der Waals surface area contributed by atoms with Gasteiger partial charge in [-0.05, 0) is 24.6 Å². The van der Waals surface area contributed by atoms with Gasteiger partial charge in [0.1, 0.15) is 0 Å². The molecule has 3 heteroatoms. The standard InChI is InChI=1S/C11H15N3/c1-14(8-3-2-7-12)11-6-4-5-10(13)9-11/h4-6,9H,2-3,8,13H2,1H3. The Labute approximate surface area is 84.7 Å². The summed E-state index contributed by atoms with van der Waals surface area (Å²) in [6.07, 6.45) is 1.49. The molecule has 0 amide bonds. The number of nitrogens with zero attached hydrogens (tertiary/aromatic N) is 2. The quantitative estimate of drug-likeness (QED) is 0.582. The van der Waals surface area contributed by atoms with E-state index in [4.69, 9.17) is 11.0 Å². The fourth-order valence-corrected chi connectivity index (χ4v) is 1.29. The minimum atomic E-state index is 0.604. The molecule has 2 N–H and O–H groups in total. The lowest BCUT2D eigenvalue weighted by atomic mass is 10.2. The summed E-state index contributed by atoms with van der Waals surface area (Å²) in [5, 5.41) is 8.41. The highest BCUT2D eigenvalue weighted by molar-refractivity contribution is 5.55. The summed E-state index contributed by atoms with van der Waals surface area (Å²) in [6, 6.07) is 9.89. The van der Waals surface area contributed by atoms with Gasteiger partial charge in [-0.1, -0.05) is 6.07 Å². The molecule has 1 rings (SSSR count). The summed E-state index contributed by atoms with van der Waals surface area (Å²) in [5.41, 5.74) is 7.54. The van der Waals surface area contributed by atoms with Crippen molar-refractivity contribution < 1.29 is 0 Å². The summed E-state index contributed by atoms with van der Waals surface area (Å²) in [7, 11) is 2.01. The first-order valence-electron chi connectivity index (χ1n) is 4.67. The molecule has 0 atom stereocenters. The van der Waals surface area contributed by atoms with Crippen LogP contribution in [-0.2, 0) is 0 Å². The van der Waals surface area contributed by atoms with Gasteiger partial charge in [0.15, 0.2) is 0 Å². The van der Waals surface area contributed by atoms with E-state index >= 15 is 0 Å². The van der Waals surface area contributed by atoms with Crippen LogP contribution in [0.2, 0.25) is 0 Å². The highest BCUT2D eigenvalue weighted by atomic mass is 15.1. The molecule has 1 aromatic rings. The summed E-state index contributed by atoms with van der Waals surface area (Å²) in [4.78, 5) is 2.10. The molecule has 0 bridgehead atoms. The lowest BCUT2D eigenvalue weighted by molar-refractivity contribution is 0.807. The van der Waals surface area contributed by atoms with E-state index in [-0.39, 0.29) is 0 Å². The molecule has 0 aliphatic rings. The molecule has 74 valence electrons. The molecule has 0 aliphatic heterocycles. The molecule has 0 saturated heterocycles. The Morgan fingerprint density at radius 1 is 1.50 bits per heavy atom. The van der Waals surface area contributed by atoms with Crippen molar-refractivity contribution in [2.75, 3.05) is 24.2 Å². The van der Waals surface area contributed by atoms with Crippen molar-refractivity contribution in [1.82, 2.24) is 0 Å². The Morgan fingerprint density at radius 2 is 2.29 bits per heavy atom. The maximum Gasteiger partial charge on any atom is 0.0622 e. The van der Waals surface area contributed by atoms with Gasteiger partial charge in [-0.2, -0.15) is 5.26 Å². The van der Waals surface area contributed by atoms with Crippen LogP contribution in [0.25, 0.3) is 0 Å². The largest absolute Gasteiger partial charge is 0.399 e. The zero-order valence-corrected chi connectivity index (χ0v) is 8.40. The van der Waals surface area contributed by atoms with Crippen molar-refractivity contribution in [3.05, 3.63) is 24.3 Å². The van der Waals surface area contributed by atoms with Crippen LogP contribution in [-0.4, -0.2) is 13.6 Å². The number of benzene rings is 1. The van der Waals surface area contributed by atoms with Crippen LogP contribution >= 0.6 is 0 Å². The maximum atomic E-state index is 8.41. The first-order chi connectivity index (χ1) is 6.74. The first-order valence-corrected chi connectivity index (χ1v) is 4.67. The van der Waals surface area contributed by atoms with E-state index in [0.717, 1.165) is 24.3 Å². The maximum absolute atomic E-state index is 8.41. The molecular formula is C11H15N3. The number of hydrogen-bond acceptors (Lipinski definition) is 3. The normalized spacial score (nSPS) is 9.43. The van der Waals surface area contributed by atoms with Crippen LogP contribution in [0.5, 0.6) is 0 Å². The van der Waals surface area contributed by atoms with E-state index in [9.17, 15) is 0 Å². The van der Waals surface area contributed by atoms with Gasteiger partial charge >= 0.3 is 0 Å². The van der Waals surface area contributed by atoms with Gasteiger partial charge in [-0.3, -0.25) is 0 Å². The van der Waals surface area contributed by atoms with Crippen molar-refractivity contribution in [3.8, 4) is 6.07 Å². The highest BCUT2D eigenvalue weighted by Crippen LogP contribution is 2.16. The number of unbranched alkanes of at least 4 members (excludes halogenated alkanes) is 1. The van der Waals surface area contributed by atoms with Gasteiger partial charge in [-0.15, -0.1) is 0 Å². The van der Waals surface area contributed by atoms with Crippen LogP contribution in [0.1, 0.15) is 12.8 Å². The first kappa shape index (κ1) is 10.4. The van der Waals surface area contributed by atoms with Crippen LogP contribution in [0.15, 0.2) is 24.3 Å². The highest BCUT2D eigenvalue weighted by Gasteiger charge is 1.99. The summed E-state index contributed by atoms with van der Waals surface area (Å²) >= 11 is 0. The lowest BCUT2D eigenvalue weighted by Gasteiger charge is -2.18. The molecule has 14 heavy (non-hydrogen) atoms. The fourth-order valence-electron chi connectivity index (χ4n) is 1.29. The molecule has 1 aromatic carbocycles. The summed E-state index contributed by atoms with van der Waals surface area (Å²) in [6.45, 7) is 0.886. The minimum absolute atomic E-state index is 0.604. The van der Waals surface area contributed by atoms with Crippen molar-refractivity contribution in [2.45, 2.75) is 12.8 Å². The number of hydrogen-bond donors (Lipinski definition) is 1. The van der Waals surface area contributed by atoms with Crippen molar-refractivity contribution in [3.63, 3.8) is 0 Å².